The highest BCUT2D eigenvalue weighted by molar-refractivity contribution is 7.47. The maximum atomic E-state index is 12.7. The summed E-state index contributed by atoms with van der Waals surface area (Å²) in [5, 5.41) is 8.91. The van der Waals surface area contributed by atoms with Gasteiger partial charge in [-0.25, -0.2) is 4.57 Å². The van der Waals surface area contributed by atoms with Crippen LogP contribution in [0, 0.1) is 0 Å². The van der Waals surface area contributed by atoms with Gasteiger partial charge in [0.15, 0.2) is 6.10 Å². The van der Waals surface area contributed by atoms with Crippen molar-refractivity contribution in [3.8, 4) is 0 Å². The SMILES string of the molecule is CCCCC/C=C\C/C=C\C/C=C\CC1OC1CCCC(=O)OC[C@H](COP(=O)(O)OC[C@H](N)C(=O)O)OC(=O)CCCCCCCCCCC/C=C\CCCCCCCC. The molecular formula is C48H84NO11P. The number of hydrogen-bond acceptors (Lipinski definition) is 10. The number of carbonyl (C=O) groups is 3. The van der Waals surface area contributed by atoms with E-state index in [0.29, 0.717) is 19.3 Å². The first-order chi connectivity index (χ1) is 29.6. The molecule has 1 saturated heterocycles. The number of ether oxygens (including phenoxy) is 3. The molecule has 0 spiro atoms. The summed E-state index contributed by atoms with van der Waals surface area (Å²) < 4.78 is 38.5. The van der Waals surface area contributed by atoms with Gasteiger partial charge in [0.25, 0.3) is 0 Å². The zero-order valence-electron chi connectivity index (χ0n) is 37.9. The third-order valence-corrected chi connectivity index (χ3v) is 11.4. The lowest BCUT2D eigenvalue weighted by Crippen LogP contribution is -2.34. The molecular weight excluding hydrogens is 797 g/mol. The summed E-state index contributed by atoms with van der Waals surface area (Å²) >= 11 is 0. The number of rotatable bonds is 43. The molecule has 61 heavy (non-hydrogen) atoms. The van der Waals surface area contributed by atoms with Crippen molar-refractivity contribution in [2.45, 2.75) is 218 Å². The third kappa shape index (κ3) is 36.6. The van der Waals surface area contributed by atoms with Gasteiger partial charge in [-0.3, -0.25) is 23.4 Å². The molecule has 0 bridgehead atoms. The number of phosphoric ester groups is 1. The van der Waals surface area contributed by atoms with Crippen molar-refractivity contribution < 1.29 is 52.2 Å². The lowest BCUT2D eigenvalue weighted by Gasteiger charge is -2.20. The second kappa shape index (κ2) is 39.0. The molecule has 0 saturated carbocycles. The van der Waals surface area contributed by atoms with Crippen LogP contribution in [0.25, 0.3) is 0 Å². The molecule has 0 aliphatic carbocycles. The number of nitrogens with two attached hydrogens (primary N) is 1. The minimum absolute atomic E-state index is 0.0998. The Labute approximate surface area is 369 Å². The first-order valence-electron chi connectivity index (χ1n) is 23.8. The molecule has 3 unspecified atom stereocenters. The van der Waals surface area contributed by atoms with E-state index >= 15 is 0 Å². The van der Waals surface area contributed by atoms with E-state index in [1.807, 2.05) is 0 Å². The molecule has 1 heterocycles. The van der Waals surface area contributed by atoms with Gasteiger partial charge in [-0.1, -0.05) is 152 Å². The molecule has 12 nitrogen and oxygen atoms in total. The Morgan fingerprint density at radius 1 is 0.607 bits per heavy atom. The lowest BCUT2D eigenvalue weighted by molar-refractivity contribution is -0.161. The molecule has 1 aliphatic rings. The molecule has 0 aromatic carbocycles. The number of allylic oxidation sites excluding steroid dienone is 7. The Hall–Kier alpha value is -2.60. The molecule has 0 amide bonds. The molecule has 0 aromatic heterocycles. The second-order valence-electron chi connectivity index (χ2n) is 16.3. The van der Waals surface area contributed by atoms with E-state index in [4.69, 9.17) is 29.6 Å². The summed E-state index contributed by atoms with van der Waals surface area (Å²) in [6, 6.07) is -1.53. The van der Waals surface area contributed by atoms with Crippen LogP contribution in [0.1, 0.15) is 194 Å². The maximum absolute atomic E-state index is 12.7. The van der Waals surface area contributed by atoms with Gasteiger partial charge in [0.2, 0.25) is 0 Å². The van der Waals surface area contributed by atoms with Crippen LogP contribution in [0.2, 0.25) is 0 Å². The van der Waals surface area contributed by atoms with Crippen molar-refractivity contribution in [3.05, 3.63) is 48.6 Å². The van der Waals surface area contributed by atoms with Crippen molar-refractivity contribution in [2.75, 3.05) is 19.8 Å². The number of esters is 2. The zero-order valence-corrected chi connectivity index (χ0v) is 38.8. The first-order valence-corrected chi connectivity index (χ1v) is 25.3. The number of unbranched alkanes of at least 4 members (excludes halogenated alkanes) is 18. The van der Waals surface area contributed by atoms with E-state index in [1.54, 1.807) is 0 Å². The normalized spacial score (nSPS) is 17.4. The number of phosphoric acid groups is 1. The Bertz CT molecular complexity index is 1290. The standard InChI is InChI=1S/C48H84NO11P/c1-3-5-7-9-11-13-15-17-18-19-20-21-22-23-25-27-29-31-33-37-47(51)59-42(40-57-61(54,55)58-41-43(49)48(52)53)39-56-46(50)38-34-36-45-44(60-45)35-32-30-28-26-24-16-14-12-10-8-6-4-2/h12,14,17-18,24,26,30,32,42-45H,3-11,13,15-16,19-23,25,27-29,31,33-41,49H2,1-2H3,(H,52,53)(H,54,55)/b14-12-,18-17-,26-24-,32-30-/t42-,43+,44?,45?/m1/s1. The monoisotopic (exact) mass is 882 g/mol. The quantitative estimate of drug-likeness (QED) is 0.0173. The fraction of sp³-hybridized carbons (Fsp3) is 0.771. The minimum Gasteiger partial charge on any atom is -0.480 e. The molecule has 5 atom stereocenters. The van der Waals surface area contributed by atoms with Gasteiger partial charge >= 0.3 is 25.7 Å². The molecule has 1 rings (SSSR count). The molecule has 1 aliphatic heterocycles. The van der Waals surface area contributed by atoms with E-state index < -0.39 is 51.1 Å². The summed E-state index contributed by atoms with van der Waals surface area (Å²) in [6.07, 6.45) is 46.2. The van der Waals surface area contributed by atoms with Crippen molar-refractivity contribution in [3.63, 3.8) is 0 Å². The molecule has 1 fully saturated rings. The number of carboxylic acid groups (broad SMARTS) is 1. The number of epoxide rings is 1. The van der Waals surface area contributed by atoms with Gasteiger partial charge in [-0.15, -0.1) is 0 Å². The Balaban J connectivity index is 2.30. The van der Waals surface area contributed by atoms with Crippen LogP contribution >= 0.6 is 7.82 Å². The van der Waals surface area contributed by atoms with Gasteiger partial charge < -0.3 is 29.9 Å². The van der Waals surface area contributed by atoms with Crippen molar-refractivity contribution in [1.29, 1.82) is 0 Å². The number of carboxylic acids is 1. The van der Waals surface area contributed by atoms with E-state index in [0.717, 1.165) is 44.9 Å². The summed E-state index contributed by atoms with van der Waals surface area (Å²) in [6.45, 7) is 2.70. The van der Waals surface area contributed by atoms with Crippen LogP contribution < -0.4 is 5.73 Å². The average molecular weight is 882 g/mol. The van der Waals surface area contributed by atoms with Crippen LogP contribution in [0.4, 0.5) is 0 Å². The molecule has 0 radical (unpaired) electrons. The fourth-order valence-corrected chi connectivity index (χ4v) is 7.40. The topological polar surface area (TPSA) is 184 Å². The molecule has 0 aromatic rings. The summed E-state index contributed by atoms with van der Waals surface area (Å²) in [7, 11) is -4.74. The minimum atomic E-state index is -4.74. The van der Waals surface area contributed by atoms with Gasteiger partial charge in [-0.2, -0.15) is 0 Å². The second-order valence-corrected chi connectivity index (χ2v) is 17.7. The molecule has 352 valence electrons. The Kier molecular flexibility index (Phi) is 36.1. The number of hydrogen-bond donors (Lipinski definition) is 3. The van der Waals surface area contributed by atoms with Gasteiger partial charge in [0.05, 0.1) is 25.4 Å². The van der Waals surface area contributed by atoms with Crippen LogP contribution in [0.15, 0.2) is 48.6 Å². The zero-order chi connectivity index (χ0) is 44.7. The smallest absolute Gasteiger partial charge is 0.472 e. The molecule has 13 heteroatoms. The van der Waals surface area contributed by atoms with Crippen molar-refractivity contribution in [1.82, 2.24) is 0 Å². The molecule has 4 N–H and O–H groups in total. The van der Waals surface area contributed by atoms with E-state index in [-0.39, 0.29) is 31.7 Å². The van der Waals surface area contributed by atoms with Crippen molar-refractivity contribution >= 4 is 25.7 Å². The highest BCUT2D eigenvalue weighted by Crippen LogP contribution is 2.43. The fourth-order valence-electron chi connectivity index (χ4n) is 6.62. The van der Waals surface area contributed by atoms with Crippen LogP contribution in [0.5, 0.6) is 0 Å². The van der Waals surface area contributed by atoms with E-state index in [1.165, 1.54) is 103 Å². The number of aliphatic carboxylic acids is 1. The van der Waals surface area contributed by atoms with E-state index in [2.05, 4.69) is 67.0 Å². The average Bonchev–Trinajstić information content (AvgIpc) is 3.99. The predicted molar refractivity (Wildman–Crippen MR) is 244 cm³/mol. The summed E-state index contributed by atoms with van der Waals surface area (Å²) in [4.78, 5) is 46.2. The maximum Gasteiger partial charge on any atom is 0.472 e. The lowest BCUT2D eigenvalue weighted by atomic mass is 10.1. The van der Waals surface area contributed by atoms with Crippen LogP contribution in [0.3, 0.4) is 0 Å². The third-order valence-electron chi connectivity index (χ3n) is 10.5. The number of carbonyl (C=O) groups excluding carboxylic acids is 2. The van der Waals surface area contributed by atoms with Crippen LogP contribution in [-0.2, 0) is 42.2 Å². The highest BCUT2D eigenvalue weighted by Gasteiger charge is 2.36. The van der Waals surface area contributed by atoms with Gasteiger partial charge in [0.1, 0.15) is 12.6 Å². The van der Waals surface area contributed by atoms with Crippen molar-refractivity contribution in [2.24, 2.45) is 5.73 Å². The largest absolute Gasteiger partial charge is 0.480 e. The first kappa shape index (κ1) is 56.4. The highest BCUT2D eigenvalue weighted by atomic mass is 31.2. The van der Waals surface area contributed by atoms with Crippen LogP contribution in [-0.4, -0.2) is 72.1 Å². The predicted octanol–water partition coefficient (Wildman–Crippen LogP) is 11.9. The van der Waals surface area contributed by atoms with Gasteiger partial charge in [0, 0.05) is 12.8 Å². The Morgan fingerprint density at radius 3 is 1.69 bits per heavy atom. The van der Waals surface area contributed by atoms with Gasteiger partial charge in [-0.05, 0) is 77.0 Å². The van der Waals surface area contributed by atoms with E-state index in [9.17, 15) is 23.8 Å². The summed E-state index contributed by atoms with van der Waals surface area (Å²) in [5.41, 5.74) is 5.34. The Morgan fingerprint density at radius 2 is 1.08 bits per heavy atom. The summed E-state index contributed by atoms with van der Waals surface area (Å²) in [5.74, 6) is -2.46.